The zero-order valence-corrected chi connectivity index (χ0v) is 15.9. The van der Waals surface area contributed by atoms with Crippen LogP contribution >= 0.6 is 0 Å². The highest BCUT2D eigenvalue weighted by Gasteiger charge is 2.66. The van der Waals surface area contributed by atoms with Gasteiger partial charge in [-0.1, -0.05) is 12.2 Å². The molecule has 1 spiro atoms. The lowest BCUT2D eigenvalue weighted by Crippen LogP contribution is -2.41. The lowest BCUT2D eigenvalue weighted by molar-refractivity contribution is -0.136. The number of likely N-dealkylation sites (tertiary alicyclic amines) is 1. The zero-order valence-electron chi connectivity index (χ0n) is 15.9. The second kappa shape index (κ2) is 6.70. The molecular weight excluding hydrogens is 370 g/mol. The predicted molar refractivity (Wildman–Crippen MR) is 105 cm³/mol. The second-order valence-corrected chi connectivity index (χ2v) is 7.67. The number of rotatable bonds is 5. The Hall–Kier alpha value is -3.19. The van der Waals surface area contributed by atoms with Crippen LogP contribution in [0.2, 0.25) is 0 Å². The van der Waals surface area contributed by atoms with Crippen LogP contribution in [0.3, 0.4) is 0 Å². The molecule has 148 valence electrons. The quantitative estimate of drug-likeness (QED) is 0.789. The molecule has 2 amide bonds. The van der Waals surface area contributed by atoms with Gasteiger partial charge in [-0.05, 0) is 42.0 Å². The molecule has 0 saturated carbocycles. The first-order valence-corrected chi connectivity index (χ1v) is 9.59. The minimum absolute atomic E-state index is 0.0384. The van der Waals surface area contributed by atoms with Crippen molar-refractivity contribution in [2.24, 2.45) is 11.8 Å². The molecule has 4 heterocycles. The Kier molecular flexibility index (Phi) is 4.13. The summed E-state index contributed by atoms with van der Waals surface area (Å²) in [6.07, 6.45) is 6.93. The van der Waals surface area contributed by atoms with Gasteiger partial charge in [0.1, 0.15) is 11.4 Å². The Morgan fingerprint density at radius 1 is 1.28 bits per heavy atom. The number of pyridine rings is 1. The Balaban J connectivity index is 1.36. The van der Waals surface area contributed by atoms with E-state index in [9.17, 15) is 9.59 Å². The van der Waals surface area contributed by atoms with Gasteiger partial charge in [0.2, 0.25) is 11.8 Å². The van der Waals surface area contributed by atoms with Crippen molar-refractivity contribution in [2.75, 3.05) is 19.0 Å². The molecule has 3 aliphatic rings. The highest BCUT2D eigenvalue weighted by Crippen LogP contribution is 2.52. The van der Waals surface area contributed by atoms with Crippen LogP contribution in [0.15, 0.2) is 60.9 Å². The first-order chi connectivity index (χ1) is 14.1. The summed E-state index contributed by atoms with van der Waals surface area (Å²) in [6, 6.07) is 10.9. The number of nitrogens with zero attached hydrogens (tertiary/aromatic N) is 2. The summed E-state index contributed by atoms with van der Waals surface area (Å²) in [7, 11) is 1.59. The van der Waals surface area contributed by atoms with Crippen molar-refractivity contribution in [2.45, 2.75) is 18.2 Å². The normalized spacial score (nSPS) is 29.2. The molecule has 0 aliphatic carbocycles. The van der Waals surface area contributed by atoms with Crippen LogP contribution in [0.4, 0.5) is 5.69 Å². The van der Waals surface area contributed by atoms with Crippen molar-refractivity contribution >= 4 is 17.5 Å². The topological polar surface area (TPSA) is 80.8 Å². The molecule has 1 aromatic carbocycles. The van der Waals surface area contributed by atoms with Crippen LogP contribution in [-0.2, 0) is 20.9 Å². The second-order valence-electron chi connectivity index (χ2n) is 7.67. The fourth-order valence-electron chi connectivity index (χ4n) is 4.62. The smallest absolute Gasteiger partial charge is 0.231 e. The molecule has 2 saturated heterocycles. The molecule has 2 unspecified atom stereocenters. The summed E-state index contributed by atoms with van der Waals surface area (Å²) in [5.41, 5.74) is 0.953. The van der Waals surface area contributed by atoms with E-state index in [-0.39, 0.29) is 17.9 Å². The summed E-state index contributed by atoms with van der Waals surface area (Å²) in [4.78, 5) is 32.1. The number of carbonyl (C=O) groups excluding carboxylic acids is 2. The van der Waals surface area contributed by atoms with Gasteiger partial charge in [-0.15, -0.1) is 0 Å². The first-order valence-electron chi connectivity index (χ1n) is 9.59. The fourth-order valence-corrected chi connectivity index (χ4v) is 4.62. The van der Waals surface area contributed by atoms with Gasteiger partial charge in [0.15, 0.2) is 0 Å². The highest BCUT2D eigenvalue weighted by molar-refractivity contribution is 5.99. The number of anilines is 1. The summed E-state index contributed by atoms with van der Waals surface area (Å²) in [5.74, 6) is -0.570. The van der Waals surface area contributed by atoms with Crippen LogP contribution in [0, 0.1) is 11.8 Å². The van der Waals surface area contributed by atoms with E-state index < -0.39 is 17.4 Å². The number of nitrogens with one attached hydrogen (secondary N) is 1. The zero-order chi connectivity index (χ0) is 20.0. The van der Waals surface area contributed by atoms with Gasteiger partial charge in [-0.25, -0.2) is 0 Å². The summed E-state index contributed by atoms with van der Waals surface area (Å²) < 4.78 is 11.3. The van der Waals surface area contributed by atoms with E-state index in [0.717, 1.165) is 5.56 Å². The van der Waals surface area contributed by atoms with Crippen molar-refractivity contribution < 1.29 is 19.1 Å². The number of hydrogen-bond donors (Lipinski definition) is 1. The van der Waals surface area contributed by atoms with E-state index in [1.54, 1.807) is 48.7 Å². The molecule has 7 heteroatoms. The number of benzene rings is 1. The van der Waals surface area contributed by atoms with E-state index >= 15 is 0 Å². The van der Waals surface area contributed by atoms with E-state index in [1.165, 1.54) is 0 Å². The minimum atomic E-state index is -0.712. The number of methoxy groups -OCH3 is 1. The van der Waals surface area contributed by atoms with E-state index in [4.69, 9.17) is 9.47 Å². The third-order valence-corrected chi connectivity index (χ3v) is 5.96. The Morgan fingerprint density at radius 3 is 2.76 bits per heavy atom. The number of amides is 2. The van der Waals surface area contributed by atoms with E-state index in [2.05, 4.69) is 10.3 Å². The van der Waals surface area contributed by atoms with Gasteiger partial charge in [-0.3, -0.25) is 14.6 Å². The van der Waals surface area contributed by atoms with Gasteiger partial charge >= 0.3 is 0 Å². The van der Waals surface area contributed by atoms with Crippen molar-refractivity contribution in [3.05, 3.63) is 66.5 Å². The molecule has 4 atom stereocenters. The number of fused-ring (bicyclic) bond motifs is 1. The van der Waals surface area contributed by atoms with Crippen molar-refractivity contribution in [1.29, 1.82) is 0 Å². The van der Waals surface area contributed by atoms with Crippen LogP contribution < -0.4 is 10.1 Å². The van der Waals surface area contributed by atoms with Crippen LogP contribution in [-0.4, -0.2) is 47.1 Å². The molecule has 3 aliphatic heterocycles. The summed E-state index contributed by atoms with van der Waals surface area (Å²) in [6.45, 7) is 0.937. The Bertz CT molecular complexity index is 975. The maximum absolute atomic E-state index is 13.2. The molecule has 0 radical (unpaired) electrons. The number of carbonyl (C=O) groups is 2. The molecule has 29 heavy (non-hydrogen) atoms. The number of ether oxygens (including phenoxy) is 2. The lowest BCUT2D eigenvalue weighted by Gasteiger charge is -2.23. The maximum Gasteiger partial charge on any atom is 0.231 e. The fraction of sp³-hybridized carbons (Fsp3) is 0.318. The first kappa shape index (κ1) is 17.9. The monoisotopic (exact) mass is 391 g/mol. The lowest BCUT2D eigenvalue weighted by atomic mass is 9.77. The molecule has 1 N–H and O–H groups in total. The largest absolute Gasteiger partial charge is 0.497 e. The van der Waals surface area contributed by atoms with Crippen LogP contribution in [0.1, 0.15) is 5.56 Å². The third-order valence-electron chi connectivity index (χ3n) is 5.96. The van der Waals surface area contributed by atoms with Gasteiger partial charge in [-0.2, -0.15) is 0 Å². The molecule has 2 bridgehead atoms. The summed E-state index contributed by atoms with van der Waals surface area (Å²) in [5, 5.41) is 2.93. The SMILES string of the molecule is COc1ccc(NC(=O)C2C3C=C[C@]4(CN(Cc5ccncc5)C(=O)[C@H]24)O3)cc1. The van der Waals surface area contributed by atoms with Gasteiger partial charge < -0.3 is 19.7 Å². The molecule has 5 rings (SSSR count). The average Bonchev–Trinajstić information content (AvgIpc) is 3.38. The molecule has 7 nitrogen and oxygen atoms in total. The molecule has 2 fully saturated rings. The number of hydrogen-bond acceptors (Lipinski definition) is 5. The predicted octanol–water partition coefficient (Wildman–Crippen LogP) is 2.01. The molecule has 2 aromatic rings. The Morgan fingerprint density at radius 2 is 2.03 bits per heavy atom. The summed E-state index contributed by atoms with van der Waals surface area (Å²) >= 11 is 0. The van der Waals surface area contributed by atoms with Gasteiger partial charge in [0, 0.05) is 24.6 Å². The minimum Gasteiger partial charge on any atom is -0.497 e. The van der Waals surface area contributed by atoms with Crippen molar-refractivity contribution in [3.8, 4) is 5.75 Å². The maximum atomic E-state index is 13.2. The van der Waals surface area contributed by atoms with Crippen molar-refractivity contribution in [3.63, 3.8) is 0 Å². The van der Waals surface area contributed by atoms with Crippen LogP contribution in [0.25, 0.3) is 0 Å². The van der Waals surface area contributed by atoms with Crippen LogP contribution in [0.5, 0.6) is 5.75 Å². The third kappa shape index (κ3) is 2.89. The van der Waals surface area contributed by atoms with Gasteiger partial charge in [0.25, 0.3) is 0 Å². The van der Waals surface area contributed by atoms with E-state index in [0.29, 0.717) is 24.5 Å². The number of aromatic nitrogens is 1. The van der Waals surface area contributed by atoms with E-state index in [1.807, 2.05) is 24.3 Å². The van der Waals surface area contributed by atoms with Crippen molar-refractivity contribution in [1.82, 2.24) is 9.88 Å². The highest BCUT2D eigenvalue weighted by atomic mass is 16.5. The van der Waals surface area contributed by atoms with Gasteiger partial charge in [0.05, 0.1) is 31.6 Å². The Labute approximate surface area is 168 Å². The average molecular weight is 391 g/mol. The molecule has 1 aromatic heterocycles. The standard InChI is InChI=1S/C22H21N3O4/c1-28-16-4-2-15(3-5-16)24-20(26)18-17-6-9-22(29-17)13-25(21(27)19(18)22)12-14-7-10-23-11-8-14/h2-11,17-19H,12-13H2,1H3,(H,24,26)/t17?,18?,19-,22+/m0/s1. The molecular formula is C22H21N3O4.